The number of aromatic nitrogens is 2. The van der Waals surface area contributed by atoms with Crippen LogP contribution in [-0.2, 0) is 7.05 Å². The Labute approximate surface area is 115 Å². The fourth-order valence-corrected chi connectivity index (χ4v) is 2.17. The monoisotopic (exact) mass is 261 g/mol. The minimum atomic E-state index is -0.0741. The fraction of sp³-hybridized carbons (Fsp3) is 0.0625. The van der Waals surface area contributed by atoms with E-state index in [9.17, 15) is 4.79 Å². The van der Waals surface area contributed by atoms with Crippen molar-refractivity contribution in [3.8, 4) is 17.5 Å². The Morgan fingerprint density at radius 1 is 1.10 bits per heavy atom. The third kappa shape index (κ3) is 1.86. The average Bonchev–Trinajstić information content (AvgIpc) is 2.51. The maximum Gasteiger partial charge on any atom is 0.261 e. The van der Waals surface area contributed by atoms with E-state index in [4.69, 9.17) is 5.26 Å². The maximum absolute atomic E-state index is 12.3. The zero-order chi connectivity index (χ0) is 14.1. The summed E-state index contributed by atoms with van der Waals surface area (Å²) >= 11 is 0. The van der Waals surface area contributed by atoms with Gasteiger partial charge in [-0.15, -0.1) is 0 Å². The highest BCUT2D eigenvalue weighted by Crippen LogP contribution is 2.18. The minimum Gasteiger partial charge on any atom is -0.295 e. The van der Waals surface area contributed by atoms with Crippen LogP contribution < -0.4 is 5.56 Å². The number of rotatable bonds is 1. The van der Waals surface area contributed by atoms with Crippen LogP contribution in [0, 0.1) is 11.3 Å². The van der Waals surface area contributed by atoms with Crippen LogP contribution in [0.5, 0.6) is 0 Å². The Bertz CT molecular complexity index is 886. The van der Waals surface area contributed by atoms with Gasteiger partial charge in [0.2, 0.25) is 0 Å². The van der Waals surface area contributed by atoms with Crippen molar-refractivity contribution in [2.24, 2.45) is 7.05 Å². The lowest BCUT2D eigenvalue weighted by atomic mass is 10.1. The maximum atomic E-state index is 12.3. The van der Waals surface area contributed by atoms with Gasteiger partial charge in [0.1, 0.15) is 5.82 Å². The van der Waals surface area contributed by atoms with Crippen LogP contribution in [0.2, 0.25) is 0 Å². The van der Waals surface area contributed by atoms with Gasteiger partial charge in [0.15, 0.2) is 0 Å². The number of hydrogen-bond acceptors (Lipinski definition) is 3. The number of nitriles is 1. The van der Waals surface area contributed by atoms with E-state index in [1.807, 2.05) is 18.2 Å². The standard InChI is InChI=1S/C16H11N3O/c1-19-15(12-8-6-11(10-17)7-9-12)18-14-5-3-2-4-13(14)16(19)20/h2-9H,1H3. The smallest absolute Gasteiger partial charge is 0.261 e. The molecule has 0 aliphatic carbocycles. The summed E-state index contributed by atoms with van der Waals surface area (Å²) in [5.41, 5.74) is 2.00. The van der Waals surface area contributed by atoms with Gasteiger partial charge in [-0.3, -0.25) is 9.36 Å². The average molecular weight is 261 g/mol. The van der Waals surface area contributed by atoms with Gasteiger partial charge in [0.25, 0.3) is 5.56 Å². The van der Waals surface area contributed by atoms with Gasteiger partial charge in [-0.05, 0) is 36.4 Å². The fourth-order valence-electron chi connectivity index (χ4n) is 2.17. The van der Waals surface area contributed by atoms with Crippen molar-refractivity contribution in [2.45, 2.75) is 0 Å². The first-order valence-electron chi connectivity index (χ1n) is 6.17. The molecule has 0 fully saturated rings. The lowest BCUT2D eigenvalue weighted by Gasteiger charge is -2.09. The number of benzene rings is 2. The minimum absolute atomic E-state index is 0.0741. The molecule has 0 amide bonds. The van der Waals surface area contributed by atoms with E-state index in [-0.39, 0.29) is 5.56 Å². The first kappa shape index (κ1) is 12.1. The number of fused-ring (bicyclic) bond motifs is 1. The Morgan fingerprint density at radius 3 is 2.50 bits per heavy atom. The molecule has 0 radical (unpaired) electrons. The summed E-state index contributed by atoms with van der Waals surface area (Å²) in [6.07, 6.45) is 0. The molecule has 3 rings (SSSR count). The molecule has 96 valence electrons. The third-order valence-electron chi connectivity index (χ3n) is 3.26. The van der Waals surface area contributed by atoms with Gasteiger partial charge >= 0.3 is 0 Å². The summed E-state index contributed by atoms with van der Waals surface area (Å²) in [5.74, 6) is 0.596. The van der Waals surface area contributed by atoms with Gasteiger partial charge in [-0.25, -0.2) is 4.98 Å². The van der Waals surface area contributed by atoms with Gasteiger partial charge in [-0.2, -0.15) is 5.26 Å². The van der Waals surface area contributed by atoms with Crippen LogP contribution in [-0.4, -0.2) is 9.55 Å². The molecule has 1 aromatic heterocycles. The zero-order valence-electron chi connectivity index (χ0n) is 10.9. The Balaban J connectivity index is 2.28. The molecule has 0 bridgehead atoms. The molecule has 2 aromatic carbocycles. The first-order chi connectivity index (χ1) is 9.70. The number of para-hydroxylation sites is 1. The van der Waals surface area contributed by atoms with E-state index < -0.39 is 0 Å². The van der Waals surface area contributed by atoms with Crippen molar-refractivity contribution in [3.63, 3.8) is 0 Å². The molecule has 0 aliphatic heterocycles. The van der Waals surface area contributed by atoms with Crippen molar-refractivity contribution in [3.05, 3.63) is 64.4 Å². The normalized spacial score (nSPS) is 10.4. The van der Waals surface area contributed by atoms with Gasteiger partial charge in [0.05, 0.1) is 22.5 Å². The number of hydrogen-bond donors (Lipinski definition) is 0. The second-order valence-corrected chi connectivity index (χ2v) is 4.51. The molecule has 0 spiro atoms. The molecule has 0 unspecified atom stereocenters. The molecular formula is C16H11N3O. The van der Waals surface area contributed by atoms with E-state index in [0.717, 1.165) is 5.56 Å². The van der Waals surface area contributed by atoms with Crippen LogP contribution in [0.4, 0.5) is 0 Å². The lowest BCUT2D eigenvalue weighted by molar-refractivity contribution is 0.856. The topological polar surface area (TPSA) is 58.7 Å². The van der Waals surface area contributed by atoms with Crippen molar-refractivity contribution >= 4 is 10.9 Å². The molecule has 20 heavy (non-hydrogen) atoms. The van der Waals surface area contributed by atoms with Crippen LogP contribution in [0.1, 0.15) is 5.56 Å². The predicted molar refractivity (Wildman–Crippen MR) is 77.1 cm³/mol. The summed E-state index contributed by atoms with van der Waals surface area (Å²) in [5, 5.41) is 9.42. The Morgan fingerprint density at radius 2 is 1.80 bits per heavy atom. The SMILES string of the molecule is Cn1c(-c2ccc(C#N)cc2)nc2ccccc2c1=O. The zero-order valence-corrected chi connectivity index (χ0v) is 10.9. The van der Waals surface area contributed by atoms with Crippen molar-refractivity contribution < 1.29 is 0 Å². The lowest BCUT2D eigenvalue weighted by Crippen LogP contribution is -2.20. The van der Waals surface area contributed by atoms with Gasteiger partial charge in [0, 0.05) is 12.6 Å². The van der Waals surface area contributed by atoms with E-state index in [0.29, 0.717) is 22.3 Å². The summed E-state index contributed by atoms with van der Waals surface area (Å²) in [6, 6.07) is 16.4. The van der Waals surface area contributed by atoms with Crippen LogP contribution in [0.15, 0.2) is 53.3 Å². The third-order valence-corrected chi connectivity index (χ3v) is 3.26. The van der Waals surface area contributed by atoms with Gasteiger partial charge in [-0.1, -0.05) is 12.1 Å². The van der Waals surface area contributed by atoms with E-state index >= 15 is 0 Å². The molecule has 0 aliphatic rings. The highest BCUT2D eigenvalue weighted by atomic mass is 16.1. The summed E-state index contributed by atoms with van der Waals surface area (Å²) < 4.78 is 1.53. The Kier molecular flexibility index (Phi) is 2.81. The highest BCUT2D eigenvalue weighted by Gasteiger charge is 2.09. The number of nitrogens with zero attached hydrogens (tertiary/aromatic N) is 3. The largest absolute Gasteiger partial charge is 0.295 e. The quantitative estimate of drug-likeness (QED) is 0.676. The second-order valence-electron chi connectivity index (χ2n) is 4.51. The van der Waals surface area contributed by atoms with Crippen LogP contribution in [0.3, 0.4) is 0 Å². The molecule has 3 aromatic rings. The second kappa shape index (κ2) is 4.63. The van der Waals surface area contributed by atoms with Crippen molar-refractivity contribution in [1.29, 1.82) is 5.26 Å². The molecule has 4 nitrogen and oxygen atoms in total. The summed E-state index contributed by atoms with van der Waals surface area (Å²) in [4.78, 5) is 16.9. The molecule has 0 N–H and O–H groups in total. The van der Waals surface area contributed by atoms with E-state index in [2.05, 4.69) is 11.1 Å². The van der Waals surface area contributed by atoms with Crippen molar-refractivity contribution in [2.75, 3.05) is 0 Å². The van der Waals surface area contributed by atoms with Gasteiger partial charge < -0.3 is 0 Å². The van der Waals surface area contributed by atoms with Crippen LogP contribution in [0.25, 0.3) is 22.3 Å². The summed E-state index contributed by atoms with van der Waals surface area (Å²) in [6.45, 7) is 0. The first-order valence-corrected chi connectivity index (χ1v) is 6.17. The van der Waals surface area contributed by atoms with E-state index in [1.54, 1.807) is 37.4 Å². The van der Waals surface area contributed by atoms with Crippen LogP contribution >= 0.6 is 0 Å². The molecule has 0 atom stereocenters. The Hall–Kier alpha value is -2.93. The highest BCUT2D eigenvalue weighted by molar-refractivity contribution is 5.79. The molecule has 0 saturated carbocycles. The van der Waals surface area contributed by atoms with Crippen molar-refractivity contribution in [1.82, 2.24) is 9.55 Å². The predicted octanol–water partition coefficient (Wildman–Crippen LogP) is 2.47. The molecular weight excluding hydrogens is 250 g/mol. The molecule has 1 heterocycles. The van der Waals surface area contributed by atoms with E-state index in [1.165, 1.54) is 4.57 Å². The molecule has 4 heteroatoms. The summed E-state index contributed by atoms with van der Waals surface area (Å²) in [7, 11) is 1.70. The molecule has 0 saturated heterocycles.